The van der Waals surface area contributed by atoms with Crippen LogP contribution in [0.3, 0.4) is 0 Å². The molecule has 84 valence electrons. The number of hydrogen-bond donors (Lipinski definition) is 2. The summed E-state index contributed by atoms with van der Waals surface area (Å²) >= 11 is 0. The van der Waals surface area contributed by atoms with Crippen molar-refractivity contribution in [2.24, 2.45) is 0 Å². The summed E-state index contributed by atoms with van der Waals surface area (Å²) in [6.45, 7) is 4.55. The van der Waals surface area contributed by atoms with E-state index in [1.54, 1.807) is 7.05 Å². The van der Waals surface area contributed by atoms with Gasteiger partial charge >= 0.3 is 0 Å². The fourth-order valence-corrected chi connectivity index (χ4v) is 1.05. The van der Waals surface area contributed by atoms with E-state index in [1.807, 2.05) is 13.8 Å². The number of hydrogen-bond acceptors (Lipinski definition) is 3. The first-order valence-corrected chi connectivity index (χ1v) is 4.97. The lowest BCUT2D eigenvalue weighted by molar-refractivity contribution is -0.121. The Labute approximate surface area is 85.6 Å². The van der Waals surface area contributed by atoms with Crippen LogP contribution in [0.25, 0.3) is 0 Å². The molecule has 4 nitrogen and oxygen atoms in total. The molecular formula is C10H21NO3. The molecule has 0 spiro atoms. The van der Waals surface area contributed by atoms with Crippen molar-refractivity contribution in [1.82, 2.24) is 5.32 Å². The van der Waals surface area contributed by atoms with Crippen LogP contribution in [0.2, 0.25) is 0 Å². The number of aliphatic hydroxyl groups excluding tert-OH is 1. The Bertz CT molecular complexity index is 169. The average Bonchev–Trinajstić information content (AvgIpc) is 2.12. The Balaban J connectivity index is 3.48. The van der Waals surface area contributed by atoms with Gasteiger partial charge in [-0.3, -0.25) is 4.79 Å². The molecule has 0 heterocycles. The molecule has 0 aromatic heterocycles. The van der Waals surface area contributed by atoms with E-state index in [1.165, 1.54) is 0 Å². The number of carbonyl (C=O) groups is 1. The molecule has 1 amide bonds. The number of aliphatic hydroxyl groups is 1. The fraction of sp³-hybridized carbons (Fsp3) is 0.900. The molecule has 0 aromatic carbocycles. The molecule has 0 saturated heterocycles. The van der Waals surface area contributed by atoms with E-state index in [9.17, 15) is 4.79 Å². The van der Waals surface area contributed by atoms with Crippen LogP contribution in [0.4, 0.5) is 0 Å². The van der Waals surface area contributed by atoms with E-state index < -0.39 is 0 Å². The van der Waals surface area contributed by atoms with E-state index in [0.717, 1.165) is 0 Å². The normalized spacial score (nSPS) is 11.4. The summed E-state index contributed by atoms with van der Waals surface area (Å²) in [6.07, 6.45) is 1.83. The van der Waals surface area contributed by atoms with Crippen molar-refractivity contribution < 1.29 is 14.6 Å². The minimum absolute atomic E-state index is 0.0357. The first kappa shape index (κ1) is 13.4. The van der Waals surface area contributed by atoms with Gasteiger partial charge in [-0.15, -0.1) is 0 Å². The highest BCUT2D eigenvalue weighted by molar-refractivity contribution is 5.75. The first-order valence-electron chi connectivity index (χ1n) is 4.97. The van der Waals surface area contributed by atoms with Crippen LogP contribution in [0.1, 0.15) is 33.1 Å². The molecule has 0 aliphatic rings. The van der Waals surface area contributed by atoms with Gasteiger partial charge < -0.3 is 15.2 Å². The predicted octanol–water partition coefficient (Wildman–Crippen LogP) is 0.690. The number of nitrogens with one attached hydrogen (secondary N) is 1. The van der Waals surface area contributed by atoms with Crippen molar-refractivity contribution in [3.05, 3.63) is 0 Å². The summed E-state index contributed by atoms with van der Waals surface area (Å²) in [5.41, 5.74) is -0.294. The van der Waals surface area contributed by atoms with Gasteiger partial charge in [0.25, 0.3) is 0 Å². The maximum Gasteiger partial charge on any atom is 0.219 e. The predicted molar refractivity (Wildman–Crippen MR) is 55.0 cm³/mol. The highest BCUT2D eigenvalue weighted by Crippen LogP contribution is 2.13. The van der Waals surface area contributed by atoms with Crippen molar-refractivity contribution in [3.8, 4) is 0 Å². The molecule has 0 aliphatic carbocycles. The van der Waals surface area contributed by atoms with Gasteiger partial charge in [0, 0.05) is 26.7 Å². The molecule has 0 bridgehead atoms. The third-order valence-electron chi connectivity index (χ3n) is 2.03. The lowest BCUT2D eigenvalue weighted by Crippen LogP contribution is -2.27. The zero-order valence-corrected chi connectivity index (χ0v) is 9.30. The maximum atomic E-state index is 10.9. The average molecular weight is 203 g/mol. The zero-order chi connectivity index (χ0) is 11.0. The van der Waals surface area contributed by atoms with E-state index in [2.05, 4.69) is 5.32 Å². The monoisotopic (exact) mass is 203 g/mol. The summed E-state index contributed by atoms with van der Waals surface area (Å²) in [5.74, 6) is 0.0357. The van der Waals surface area contributed by atoms with Gasteiger partial charge in [0.05, 0.1) is 5.60 Å². The molecule has 2 N–H and O–H groups in total. The summed E-state index contributed by atoms with van der Waals surface area (Å²) < 4.78 is 5.52. The van der Waals surface area contributed by atoms with Crippen LogP contribution in [-0.2, 0) is 9.53 Å². The Morgan fingerprint density at radius 2 is 2.14 bits per heavy atom. The smallest absolute Gasteiger partial charge is 0.219 e. The van der Waals surface area contributed by atoms with Gasteiger partial charge in [-0.2, -0.15) is 0 Å². The van der Waals surface area contributed by atoms with Gasteiger partial charge in [-0.25, -0.2) is 0 Å². The van der Waals surface area contributed by atoms with E-state index >= 15 is 0 Å². The SMILES string of the molecule is CNC(=O)CCCOC(C)(C)CCO. The second-order valence-electron chi connectivity index (χ2n) is 3.86. The summed E-state index contributed by atoms with van der Waals surface area (Å²) in [4.78, 5) is 10.9. The van der Waals surface area contributed by atoms with Crippen molar-refractivity contribution in [2.75, 3.05) is 20.3 Å². The quantitative estimate of drug-likeness (QED) is 0.598. The van der Waals surface area contributed by atoms with Crippen LogP contribution in [-0.4, -0.2) is 36.9 Å². The molecule has 0 fully saturated rings. The number of amides is 1. The fourth-order valence-electron chi connectivity index (χ4n) is 1.05. The highest BCUT2D eigenvalue weighted by Gasteiger charge is 2.16. The van der Waals surface area contributed by atoms with Gasteiger partial charge in [0.1, 0.15) is 0 Å². The number of carbonyl (C=O) groups excluding carboxylic acids is 1. The van der Waals surface area contributed by atoms with Crippen LogP contribution in [0.15, 0.2) is 0 Å². The molecule has 0 radical (unpaired) electrons. The van der Waals surface area contributed by atoms with Gasteiger partial charge in [0.15, 0.2) is 0 Å². The molecule has 0 aromatic rings. The topological polar surface area (TPSA) is 58.6 Å². The van der Waals surface area contributed by atoms with E-state index in [4.69, 9.17) is 9.84 Å². The standard InChI is InChI=1S/C10H21NO3/c1-10(2,6-7-12)14-8-4-5-9(13)11-3/h12H,4-8H2,1-3H3,(H,11,13). The van der Waals surface area contributed by atoms with Crippen LogP contribution >= 0.6 is 0 Å². The molecule has 14 heavy (non-hydrogen) atoms. The zero-order valence-electron chi connectivity index (χ0n) is 9.30. The summed E-state index contributed by atoms with van der Waals surface area (Å²) in [5, 5.41) is 11.3. The molecule has 0 rings (SSSR count). The Kier molecular flexibility index (Phi) is 6.49. The maximum absolute atomic E-state index is 10.9. The summed E-state index contributed by atoms with van der Waals surface area (Å²) in [7, 11) is 1.62. The van der Waals surface area contributed by atoms with Crippen molar-refractivity contribution in [2.45, 2.75) is 38.7 Å². The summed E-state index contributed by atoms with van der Waals surface area (Å²) in [6, 6.07) is 0. The Hall–Kier alpha value is -0.610. The van der Waals surface area contributed by atoms with Crippen molar-refractivity contribution in [1.29, 1.82) is 0 Å². The van der Waals surface area contributed by atoms with Gasteiger partial charge in [-0.1, -0.05) is 0 Å². The van der Waals surface area contributed by atoms with Crippen molar-refractivity contribution in [3.63, 3.8) is 0 Å². The van der Waals surface area contributed by atoms with Crippen LogP contribution in [0.5, 0.6) is 0 Å². The lowest BCUT2D eigenvalue weighted by atomic mass is 10.1. The second kappa shape index (κ2) is 6.79. The molecule has 0 saturated carbocycles. The first-order chi connectivity index (χ1) is 6.52. The second-order valence-corrected chi connectivity index (χ2v) is 3.86. The Morgan fingerprint density at radius 3 is 2.64 bits per heavy atom. The molecule has 4 heteroatoms. The minimum Gasteiger partial charge on any atom is -0.396 e. The molecule has 0 aliphatic heterocycles. The van der Waals surface area contributed by atoms with Crippen molar-refractivity contribution >= 4 is 5.91 Å². The van der Waals surface area contributed by atoms with Crippen LogP contribution in [0, 0.1) is 0 Å². The molecular weight excluding hydrogens is 182 g/mol. The van der Waals surface area contributed by atoms with Gasteiger partial charge in [0.2, 0.25) is 5.91 Å². The third kappa shape index (κ3) is 6.86. The van der Waals surface area contributed by atoms with E-state index in [-0.39, 0.29) is 18.1 Å². The highest BCUT2D eigenvalue weighted by atomic mass is 16.5. The van der Waals surface area contributed by atoms with Gasteiger partial charge in [-0.05, 0) is 26.7 Å². The number of rotatable bonds is 7. The number of ether oxygens (including phenoxy) is 1. The molecule has 0 unspecified atom stereocenters. The largest absolute Gasteiger partial charge is 0.396 e. The lowest BCUT2D eigenvalue weighted by Gasteiger charge is -2.24. The van der Waals surface area contributed by atoms with Crippen LogP contribution < -0.4 is 5.32 Å². The molecule has 0 atom stereocenters. The Morgan fingerprint density at radius 1 is 1.50 bits per heavy atom. The third-order valence-corrected chi connectivity index (χ3v) is 2.03. The minimum atomic E-state index is -0.294. The van der Waals surface area contributed by atoms with E-state index in [0.29, 0.717) is 25.9 Å².